The lowest BCUT2D eigenvalue weighted by molar-refractivity contribution is -0.193. The molecule has 0 bridgehead atoms. The van der Waals surface area contributed by atoms with Crippen LogP contribution < -0.4 is 61.4 Å². The Labute approximate surface area is 458 Å². The summed E-state index contributed by atoms with van der Waals surface area (Å²) in [6.07, 6.45) is 7.51. The van der Waals surface area contributed by atoms with Crippen molar-refractivity contribution in [1.29, 1.82) is 0 Å². The lowest BCUT2D eigenvalue weighted by atomic mass is 10.0. The summed E-state index contributed by atoms with van der Waals surface area (Å²) >= 11 is 0. The number of halogens is 9. The maximum absolute atomic E-state index is 13.6. The first-order valence-electron chi connectivity index (χ1n) is 25.6. The fourth-order valence-electron chi connectivity index (χ4n) is 6.40. The summed E-state index contributed by atoms with van der Waals surface area (Å²) in [5.41, 5.74) is 37.9. The minimum absolute atomic E-state index is 0.0813. The number of unbranched alkanes of at least 4 members (excludes halogenated alkanes) is 16. The van der Waals surface area contributed by atoms with Gasteiger partial charge in [0.1, 0.15) is 18.1 Å². The molecule has 3 atom stereocenters. The molecule has 0 aromatic heterocycles. The molecule has 466 valence electrons. The molecule has 80 heavy (non-hydrogen) atoms. The fourth-order valence-corrected chi connectivity index (χ4v) is 6.40. The molecule has 25 nitrogen and oxygen atoms in total. The molecule has 0 aromatic carbocycles. The monoisotopic (exact) mass is 1180 g/mol. The Balaban J connectivity index is -0.00000114. The van der Waals surface area contributed by atoms with E-state index in [0.717, 1.165) is 25.7 Å². The van der Waals surface area contributed by atoms with Crippen LogP contribution in [-0.2, 0) is 38.4 Å². The molecule has 0 saturated heterocycles. The maximum atomic E-state index is 13.6. The van der Waals surface area contributed by atoms with Crippen LogP contribution in [-0.4, -0.2) is 143 Å². The van der Waals surface area contributed by atoms with E-state index >= 15 is 0 Å². The van der Waals surface area contributed by atoms with Crippen molar-refractivity contribution in [3.8, 4) is 0 Å². The van der Waals surface area contributed by atoms with Gasteiger partial charge in [-0.1, -0.05) is 110 Å². The second-order valence-electron chi connectivity index (χ2n) is 17.6. The number of aliphatic imine (C=N–C) groups is 3. The summed E-state index contributed by atoms with van der Waals surface area (Å²) < 4.78 is 95.2. The third kappa shape index (κ3) is 54.3. The Morgan fingerprint density at radius 2 is 0.662 bits per heavy atom. The number of primary amides is 1. The molecule has 0 heterocycles. The lowest BCUT2D eigenvalue weighted by Gasteiger charge is -2.25. The zero-order chi connectivity index (χ0) is 62.3. The predicted molar refractivity (Wildman–Crippen MR) is 278 cm³/mol. The van der Waals surface area contributed by atoms with Gasteiger partial charge in [-0.3, -0.25) is 38.9 Å². The molecule has 0 aliphatic rings. The van der Waals surface area contributed by atoms with Crippen molar-refractivity contribution in [2.75, 3.05) is 26.2 Å². The quantitative estimate of drug-likeness (QED) is 0.0183. The number of carboxylic acid groups (broad SMARTS) is 3. The summed E-state index contributed by atoms with van der Waals surface area (Å²) in [6.45, 7) is 2.47. The summed E-state index contributed by atoms with van der Waals surface area (Å²) in [7, 11) is 0. The number of aliphatic carboxylic acids is 3. The second-order valence-corrected chi connectivity index (χ2v) is 17.6. The number of carbonyl (C=O) groups is 8. The zero-order valence-corrected chi connectivity index (χ0v) is 44.9. The van der Waals surface area contributed by atoms with E-state index in [0.29, 0.717) is 19.3 Å². The van der Waals surface area contributed by atoms with Crippen LogP contribution in [0.15, 0.2) is 15.0 Å². The number of alkyl halides is 9. The number of nitrogens with one attached hydrogen (secondary N) is 4. The molecular formula is C46H83F9N14O11. The molecule has 34 heteroatoms. The molecule has 21 N–H and O–H groups in total. The summed E-state index contributed by atoms with van der Waals surface area (Å²) in [4.78, 5) is 103. The highest BCUT2D eigenvalue weighted by Gasteiger charge is 2.39. The molecule has 0 aliphatic heterocycles. The van der Waals surface area contributed by atoms with Gasteiger partial charge in [0.15, 0.2) is 17.9 Å². The van der Waals surface area contributed by atoms with Crippen LogP contribution in [0.3, 0.4) is 0 Å². The average Bonchev–Trinajstić information content (AvgIpc) is 3.33. The SMILES string of the molecule is CCCCCCCCCCCCCCCCCCCC(=O)NCC(=O)N[C@@H](CCCN=C(N)N)C(=O)N[C@@H](CCCN=C(N)N)C(=O)N[C@@H](CCCN=C(N)N)C(N)=O.O=C(O)C(F)(F)F.O=C(O)C(F)(F)F.O=C(O)C(F)(F)F. The number of hydrogen-bond acceptors (Lipinski definition) is 11. The molecule has 0 saturated carbocycles. The van der Waals surface area contributed by atoms with E-state index in [-0.39, 0.29) is 75.6 Å². The Morgan fingerprint density at radius 1 is 0.400 bits per heavy atom. The van der Waals surface area contributed by atoms with E-state index in [4.69, 9.17) is 69.8 Å². The summed E-state index contributed by atoms with van der Waals surface area (Å²) in [6, 6.07) is -3.34. The highest BCUT2D eigenvalue weighted by Crippen LogP contribution is 2.16. The van der Waals surface area contributed by atoms with E-state index < -0.39 is 78.2 Å². The summed E-state index contributed by atoms with van der Waals surface area (Å²) in [5.74, 6) is -11.6. The van der Waals surface area contributed by atoms with Crippen molar-refractivity contribution < 1.29 is 93.2 Å². The first-order chi connectivity index (χ1) is 37.1. The number of nitrogens with two attached hydrogens (primary N) is 7. The van der Waals surface area contributed by atoms with Crippen LogP contribution in [0.25, 0.3) is 0 Å². The maximum Gasteiger partial charge on any atom is 0.490 e. The van der Waals surface area contributed by atoms with Crippen molar-refractivity contribution in [2.24, 2.45) is 55.1 Å². The van der Waals surface area contributed by atoms with E-state index in [1.165, 1.54) is 83.5 Å². The van der Waals surface area contributed by atoms with E-state index in [1.807, 2.05) is 0 Å². The number of guanidine groups is 3. The Kier molecular flexibility index (Phi) is 46.5. The lowest BCUT2D eigenvalue weighted by Crippen LogP contribution is -2.57. The van der Waals surface area contributed by atoms with Gasteiger partial charge >= 0.3 is 36.4 Å². The minimum atomic E-state index is -5.08. The van der Waals surface area contributed by atoms with Crippen LogP contribution in [0.5, 0.6) is 0 Å². The van der Waals surface area contributed by atoms with Gasteiger partial charge in [0.25, 0.3) is 0 Å². The van der Waals surface area contributed by atoms with Crippen LogP contribution in [0.2, 0.25) is 0 Å². The van der Waals surface area contributed by atoms with Gasteiger partial charge in [-0.05, 0) is 44.9 Å². The van der Waals surface area contributed by atoms with Crippen LogP contribution in [0.1, 0.15) is 161 Å². The van der Waals surface area contributed by atoms with Gasteiger partial charge in [-0.2, -0.15) is 39.5 Å². The van der Waals surface area contributed by atoms with E-state index in [2.05, 4.69) is 43.2 Å². The molecule has 0 radical (unpaired) electrons. The second kappa shape index (κ2) is 46.8. The molecule has 0 rings (SSSR count). The van der Waals surface area contributed by atoms with Crippen molar-refractivity contribution in [1.82, 2.24) is 21.3 Å². The first-order valence-corrected chi connectivity index (χ1v) is 25.6. The van der Waals surface area contributed by atoms with Gasteiger partial charge < -0.3 is 76.7 Å². The Morgan fingerprint density at radius 3 is 0.938 bits per heavy atom. The van der Waals surface area contributed by atoms with Crippen LogP contribution >= 0.6 is 0 Å². The topological polar surface area (TPSA) is 465 Å². The fraction of sp³-hybridized carbons (Fsp3) is 0.761. The predicted octanol–water partition coefficient (Wildman–Crippen LogP) is 3.14. The van der Waals surface area contributed by atoms with Gasteiger partial charge in [0, 0.05) is 26.1 Å². The Hall–Kier alpha value is -7.06. The number of hydrogen-bond donors (Lipinski definition) is 14. The minimum Gasteiger partial charge on any atom is -0.475 e. The van der Waals surface area contributed by atoms with Gasteiger partial charge in [-0.25, -0.2) is 14.4 Å². The molecular weight excluding hydrogens is 1100 g/mol. The largest absolute Gasteiger partial charge is 0.490 e. The summed E-state index contributed by atoms with van der Waals surface area (Å²) in [5, 5.41) is 31.9. The normalized spacial score (nSPS) is 12.0. The molecule has 5 amide bonds. The number of rotatable bonds is 38. The molecule has 0 fully saturated rings. The van der Waals surface area contributed by atoms with Crippen LogP contribution in [0, 0.1) is 0 Å². The number of carbonyl (C=O) groups excluding carboxylic acids is 5. The van der Waals surface area contributed by atoms with Gasteiger partial charge in [-0.15, -0.1) is 0 Å². The number of nitrogens with zero attached hydrogens (tertiary/aromatic N) is 3. The van der Waals surface area contributed by atoms with Crippen molar-refractivity contribution in [3.63, 3.8) is 0 Å². The third-order valence-corrected chi connectivity index (χ3v) is 10.5. The van der Waals surface area contributed by atoms with Gasteiger partial charge in [0.05, 0.1) is 6.54 Å². The van der Waals surface area contributed by atoms with Crippen molar-refractivity contribution in [3.05, 3.63) is 0 Å². The number of amides is 5. The highest BCUT2D eigenvalue weighted by molar-refractivity contribution is 5.94. The molecule has 0 aromatic rings. The van der Waals surface area contributed by atoms with Gasteiger partial charge in [0.2, 0.25) is 29.5 Å². The molecule has 0 unspecified atom stereocenters. The molecule has 0 aliphatic carbocycles. The zero-order valence-electron chi connectivity index (χ0n) is 44.9. The van der Waals surface area contributed by atoms with E-state index in [1.54, 1.807) is 0 Å². The average molecular weight is 1180 g/mol. The van der Waals surface area contributed by atoms with Crippen molar-refractivity contribution >= 4 is 65.3 Å². The Bertz CT molecular complexity index is 1830. The third-order valence-electron chi connectivity index (χ3n) is 10.5. The highest BCUT2D eigenvalue weighted by atomic mass is 19.4. The smallest absolute Gasteiger partial charge is 0.475 e. The van der Waals surface area contributed by atoms with E-state index in [9.17, 15) is 63.5 Å². The molecule has 0 spiro atoms. The first kappa shape index (κ1) is 79.4. The van der Waals surface area contributed by atoms with Crippen LogP contribution in [0.4, 0.5) is 39.5 Å². The van der Waals surface area contributed by atoms with Crippen molar-refractivity contribution in [2.45, 2.75) is 198 Å². The standard InChI is InChI=1S/C40H80N14O5.3C2HF3O2/c1-2-3-4-5-6-7-8-9-10-11-12-13-14-15-16-17-18-25-33(55)51-29-34(56)52-31(23-20-27-49-39(44)45)36(58)54-32(24-21-28-50-40(46)47)37(59)53-30(35(41)57)22-19-26-48-38(42)43;3*3-2(4,5)1(6)7/h30-32H,2-29H2,1H3,(H2,41,57)(H,51,55)(H,52,56)(H,53,59)(H,54,58)(H4,42,43,48)(H4,44,45,49)(H4,46,47,50);3*(H,6,7)/t30-,31-,32-;;;/m0.../s1. The number of carboxylic acids is 3.